The smallest absolute Gasteiger partial charge is 0.258 e. The third-order valence-electron chi connectivity index (χ3n) is 2.00. The lowest BCUT2D eigenvalue weighted by Gasteiger charge is -2.02. The van der Waals surface area contributed by atoms with Crippen LogP contribution in [0.1, 0.15) is 0 Å². The van der Waals surface area contributed by atoms with Gasteiger partial charge in [-0.1, -0.05) is 23.4 Å². The van der Waals surface area contributed by atoms with E-state index in [-0.39, 0.29) is 5.69 Å². The Labute approximate surface area is 107 Å². The maximum Gasteiger partial charge on any atom is 0.269 e. The Kier molecular flexibility index (Phi) is 3.61. The summed E-state index contributed by atoms with van der Waals surface area (Å²) in [5.41, 5.74) is 0.0756. The van der Waals surface area contributed by atoms with Crippen LogP contribution >= 0.6 is 23.4 Å². The van der Waals surface area contributed by atoms with E-state index < -0.39 is 4.92 Å². The van der Waals surface area contributed by atoms with E-state index in [1.807, 2.05) is 6.07 Å². The van der Waals surface area contributed by atoms with Gasteiger partial charge in [0.15, 0.2) is 0 Å². The molecule has 1 heterocycles. The normalized spacial score (nSPS) is 10.2. The first kappa shape index (κ1) is 11.9. The third kappa shape index (κ3) is 2.95. The largest absolute Gasteiger partial charge is 0.269 e. The molecule has 1 aromatic carbocycles. The Morgan fingerprint density at radius 3 is 2.53 bits per heavy atom. The Morgan fingerprint density at radius 1 is 1.24 bits per heavy atom. The average molecular weight is 267 g/mol. The fraction of sp³-hybridized carbons (Fsp3) is 0. The SMILES string of the molecule is O=[N+]([O-])c1ccc(Sc2cccnc2Cl)cc1. The molecule has 0 amide bonds. The number of aromatic nitrogens is 1. The molecule has 1 aromatic heterocycles. The lowest BCUT2D eigenvalue weighted by atomic mass is 10.3. The highest BCUT2D eigenvalue weighted by Crippen LogP contribution is 2.32. The minimum absolute atomic E-state index is 0.0756. The predicted molar refractivity (Wildman–Crippen MR) is 66.5 cm³/mol. The summed E-state index contributed by atoms with van der Waals surface area (Å²) in [5, 5.41) is 10.9. The zero-order chi connectivity index (χ0) is 12.3. The van der Waals surface area contributed by atoms with Gasteiger partial charge in [-0.05, 0) is 24.3 Å². The second-order valence-electron chi connectivity index (χ2n) is 3.15. The second kappa shape index (κ2) is 5.16. The standard InChI is InChI=1S/C11H7ClN2O2S/c12-11-10(2-1-7-13-11)17-9-5-3-8(4-6-9)14(15)16/h1-7H. The zero-order valence-electron chi connectivity index (χ0n) is 8.54. The van der Waals surface area contributed by atoms with Crippen molar-refractivity contribution in [1.82, 2.24) is 4.98 Å². The number of nitro groups is 1. The topological polar surface area (TPSA) is 56.0 Å². The lowest BCUT2D eigenvalue weighted by Crippen LogP contribution is -1.86. The highest BCUT2D eigenvalue weighted by molar-refractivity contribution is 7.99. The quantitative estimate of drug-likeness (QED) is 0.482. The Bertz CT molecular complexity index is 545. The van der Waals surface area contributed by atoms with Crippen LogP contribution in [-0.4, -0.2) is 9.91 Å². The molecule has 0 aliphatic heterocycles. The molecule has 0 fully saturated rings. The van der Waals surface area contributed by atoms with Gasteiger partial charge in [-0.25, -0.2) is 4.98 Å². The molecular weight excluding hydrogens is 260 g/mol. The minimum atomic E-state index is -0.425. The van der Waals surface area contributed by atoms with E-state index in [2.05, 4.69) is 4.98 Å². The van der Waals surface area contributed by atoms with Gasteiger partial charge < -0.3 is 0 Å². The van der Waals surface area contributed by atoms with Crippen LogP contribution in [0.3, 0.4) is 0 Å². The number of benzene rings is 1. The number of hydrogen-bond donors (Lipinski definition) is 0. The summed E-state index contributed by atoms with van der Waals surface area (Å²) in [6.45, 7) is 0. The Hall–Kier alpha value is -1.59. The lowest BCUT2D eigenvalue weighted by molar-refractivity contribution is -0.384. The zero-order valence-corrected chi connectivity index (χ0v) is 10.1. The molecule has 0 saturated heterocycles. The molecule has 0 bridgehead atoms. The molecule has 0 unspecified atom stereocenters. The number of nitrogens with zero attached hydrogens (tertiary/aromatic N) is 2. The Morgan fingerprint density at radius 2 is 1.94 bits per heavy atom. The van der Waals surface area contributed by atoms with Crippen molar-refractivity contribution in [3.05, 3.63) is 57.9 Å². The first-order valence-electron chi connectivity index (χ1n) is 4.69. The van der Waals surface area contributed by atoms with Crippen LogP contribution in [0.5, 0.6) is 0 Å². The Balaban J connectivity index is 2.20. The summed E-state index contributed by atoms with van der Waals surface area (Å²) in [5.74, 6) is 0. The highest BCUT2D eigenvalue weighted by Gasteiger charge is 2.06. The maximum absolute atomic E-state index is 10.5. The number of pyridine rings is 1. The van der Waals surface area contributed by atoms with Crippen molar-refractivity contribution in [3.63, 3.8) is 0 Å². The monoisotopic (exact) mass is 266 g/mol. The molecule has 0 radical (unpaired) electrons. The number of halogens is 1. The third-order valence-corrected chi connectivity index (χ3v) is 3.47. The summed E-state index contributed by atoms with van der Waals surface area (Å²) in [4.78, 5) is 15.7. The summed E-state index contributed by atoms with van der Waals surface area (Å²) >= 11 is 7.33. The van der Waals surface area contributed by atoms with Gasteiger partial charge in [-0.3, -0.25) is 10.1 Å². The average Bonchev–Trinajstić information content (AvgIpc) is 2.33. The van der Waals surface area contributed by atoms with Crippen LogP contribution in [0.4, 0.5) is 5.69 Å². The summed E-state index contributed by atoms with van der Waals surface area (Å²) in [6, 6.07) is 9.94. The van der Waals surface area contributed by atoms with Crippen LogP contribution < -0.4 is 0 Å². The molecule has 0 aliphatic rings. The van der Waals surface area contributed by atoms with Crippen molar-refractivity contribution in [2.24, 2.45) is 0 Å². The van der Waals surface area contributed by atoms with Gasteiger partial charge in [0.25, 0.3) is 5.69 Å². The summed E-state index contributed by atoms with van der Waals surface area (Å²) < 4.78 is 0. The van der Waals surface area contributed by atoms with Crippen molar-refractivity contribution >= 4 is 29.1 Å². The van der Waals surface area contributed by atoms with Gasteiger partial charge in [0, 0.05) is 28.1 Å². The van der Waals surface area contributed by atoms with Gasteiger partial charge in [0.1, 0.15) is 5.15 Å². The van der Waals surface area contributed by atoms with Crippen molar-refractivity contribution in [1.29, 1.82) is 0 Å². The number of nitro benzene ring substituents is 1. The van der Waals surface area contributed by atoms with Crippen LogP contribution in [0.25, 0.3) is 0 Å². The van der Waals surface area contributed by atoms with Gasteiger partial charge >= 0.3 is 0 Å². The number of rotatable bonds is 3. The fourth-order valence-corrected chi connectivity index (χ4v) is 2.25. The van der Waals surface area contributed by atoms with Crippen molar-refractivity contribution < 1.29 is 4.92 Å². The molecule has 0 saturated carbocycles. The van der Waals surface area contributed by atoms with Crippen LogP contribution in [0, 0.1) is 10.1 Å². The van der Waals surface area contributed by atoms with E-state index in [9.17, 15) is 10.1 Å². The minimum Gasteiger partial charge on any atom is -0.258 e. The summed E-state index contributed by atoms with van der Waals surface area (Å²) in [7, 11) is 0. The first-order valence-corrected chi connectivity index (χ1v) is 5.89. The highest BCUT2D eigenvalue weighted by atomic mass is 35.5. The molecule has 2 aromatic rings. The molecule has 4 nitrogen and oxygen atoms in total. The second-order valence-corrected chi connectivity index (χ2v) is 4.62. The fourth-order valence-electron chi connectivity index (χ4n) is 1.21. The summed E-state index contributed by atoms with van der Waals surface area (Å²) in [6.07, 6.45) is 1.61. The molecular formula is C11H7ClN2O2S. The van der Waals surface area contributed by atoms with E-state index in [0.29, 0.717) is 5.15 Å². The van der Waals surface area contributed by atoms with Crippen LogP contribution in [0.2, 0.25) is 5.15 Å². The molecule has 0 atom stereocenters. The van der Waals surface area contributed by atoms with Crippen molar-refractivity contribution in [2.45, 2.75) is 9.79 Å². The van der Waals surface area contributed by atoms with Gasteiger partial charge in [0.05, 0.1) is 4.92 Å². The molecule has 0 aliphatic carbocycles. The predicted octanol–water partition coefficient (Wildman–Crippen LogP) is 3.79. The number of hydrogen-bond acceptors (Lipinski definition) is 4. The van der Waals surface area contributed by atoms with E-state index >= 15 is 0 Å². The molecule has 17 heavy (non-hydrogen) atoms. The van der Waals surface area contributed by atoms with E-state index in [4.69, 9.17) is 11.6 Å². The molecule has 0 spiro atoms. The maximum atomic E-state index is 10.5. The molecule has 0 N–H and O–H groups in total. The van der Waals surface area contributed by atoms with E-state index in [0.717, 1.165) is 9.79 Å². The van der Waals surface area contributed by atoms with Crippen LogP contribution in [0.15, 0.2) is 52.4 Å². The molecule has 6 heteroatoms. The van der Waals surface area contributed by atoms with Gasteiger partial charge in [-0.2, -0.15) is 0 Å². The number of non-ortho nitro benzene ring substituents is 1. The van der Waals surface area contributed by atoms with Crippen molar-refractivity contribution in [2.75, 3.05) is 0 Å². The van der Waals surface area contributed by atoms with Gasteiger partial charge in [0.2, 0.25) is 0 Å². The first-order chi connectivity index (χ1) is 8.16. The van der Waals surface area contributed by atoms with E-state index in [1.165, 1.54) is 23.9 Å². The molecule has 86 valence electrons. The van der Waals surface area contributed by atoms with Crippen LogP contribution in [-0.2, 0) is 0 Å². The van der Waals surface area contributed by atoms with Crippen molar-refractivity contribution in [3.8, 4) is 0 Å². The van der Waals surface area contributed by atoms with E-state index in [1.54, 1.807) is 24.4 Å². The van der Waals surface area contributed by atoms with Gasteiger partial charge in [-0.15, -0.1) is 0 Å². The molecule has 2 rings (SSSR count).